The van der Waals surface area contributed by atoms with Gasteiger partial charge in [0, 0.05) is 10.0 Å². The largest absolute Gasteiger partial charge is 0.759 e. The van der Waals surface area contributed by atoms with Crippen molar-refractivity contribution in [2.75, 3.05) is 0 Å². The van der Waals surface area contributed by atoms with E-state index in [-0.39, 0.29) is 0 Å². The Morgan fingerprint density at radius 2 is 1.80 bits per heavy atom. The van der Waals surface area contributed by atoms with Crippen molar-refractivity contribution in [3.63, 3.8) is 0 Å². The minimum Gasteiger partial charge on any atom is -0.759 e. The summed E-state index contributed by atoms with van der Waals surface area (Å²) >= 11 is 3.39. The van der Waals surface area contributed by atoms with Gasteiger partial charge in [0.2, 0.25) is 5.91 Å². The molecule has 2 aromatic rings. The maximum atomic E-state index is 11.3. The van der Waals surface area contributed by atoms with Crippen molar-refractivity contribution in [3.05, 3.63) is 51.6 Å². The molecular weight excluding hydrogens is 258 g/mol. The lowest BCUT2D eigenvalue weighted by molar-refractivity contribution is 0.0972. The molecule has 0 saturated heterocycles. The van der Waals surface area contributed by atoms with Crippen LogP contribution in [0.1, 0.15) is 10.4 Å². The molecule has 0 unspecified atom stereocenters. The molecule has 0 aromatic heterocycles. The molecule has 1 amide bonds. The first-order valence-electron chi connectivity index (χ1n) is 4.34. The van der Waals surface area contributed by atoms with Gasteiger partial charge >= 0.3 is 0 Å². The van der Waals surface area contributed by atoms with E-state index in [0.717, 1.165) is 15.2 Å². The third-order valence-electron chi connectivity index (χ3n) is 2.21. The van der Waals surface area contributed by atoms with Crippen LogP contribution in [-0.2, 0) is 0 Å². The maximum absolute atomic E-state index is 11.3. The Kier molecular flexibility index (Phi) is 2.70. The number of halogens is 1. The average Bonchev–Trinajstić information content (AvgIpc) is 2.29. The molecule has 0 radical (unpaired) electrons. The Morgan fingerprint density at radius 1 is 1.13 bits per heavy atom. The normalized spacial score (nSPS) is 10.3. The van der Waals surface area contributed by atoms with Crippen LogP contribution in [0, 0.1) is 5.21 Å². The molecule has 0 aliphatic heterocycles. The molecular formula is C11H7BrNO2-. The number of hydrogen-bond donors (Lipinski definition) is 1. The summed E-state index contributed by atoms with van der Waals surface area (Å²) in [6, 6.07) is 10.8. The number of carbonyl (C=O) groups excluding carboxylic acids is 1. The van der Waals surface area contributed by atoms with Crippen molar-refractivity contribution in [2.45, 2.75) is 0 Å². The summed E-state index contributed by atoms with van der Waals surface area (Å²) in [7, 11) is 0. The van der Waals surface area contributed by atoms with Gasteiger partial charge in [-0.05, 0) is 22.9 Å². The fourth-order valence-corrected chi connectivity index (χ4v) is 1.99. The molecule has 0 saturated carbocycles. The number of hydroxylamine groups is 1. The second-order valence-corrected chi connectivity index (χ2v) is 3.93. The Balaban J connectivity index is 2.77. The summed E-state index contributed by atoms with van der Waals surface area (Å²) in [4.78, 5) is 11.3. The quantitative estimate of drug-likeness (QED) is 0.806. The van der Waals surface area contributed by atoms with E-state index < -0.39 is 5.91 Å². The highest BCUT2D eigenvalue weighted by Crippen LogP contribution is 2.26. The fourth-order valence-electron chi connectivity index (χ4n) is 1.52. The predicted octanol–water partition coefficient (Wildman–Crippen LogP) is 2.83. The van der Waals surface area contributed by atoms with E-state index in [1.54, 1.807) is 12.1 Å². The van der Waals surface area contributed by atoms with Gasteiger partial charge in [0.25, 0.3) is 0 Å². The van der Waals surface area contributed by atoms with Crippen LogP contribution in [0.3, 0.4) is 0 Å². The number of fused-ring (bicyclic) bond motifs is 1. The van der Waals surface area contributed by atoms with Gasteiger partial charge in [0.05, 0.1) is 0 Å². The van der Waals surface area contributed by atoms with E-state index in [2.05, 4.69) is 15.9 Å². The lowest BCUT2D eigenvalue weighted by Gasteiger charge is -2.10. The van der Waals surface area contributed by atoms with Crippen molar-refractivity contribution in [1.82, 2.24) is 5.48 Å². The Bertz CT molecular complexity index is 525. The van der Waals surface area contributed by atoms with Crippen LogP contribution in [0.5, 0.6) is 0 Å². The third-order valence-corrected chi connectivity index (χ3v) is 2.90. The highest BCUT2D eigenvalue weighted by atomic mass is 79.9. The van der Waals surface area contributed by atoms with Gasteiger partial charge in [-0.3, -0.25) is 4.79 Å². The molecule has 1 N–H and O–H groups in total. The van der Waals surface area contributed by atoms with E-state index in [1.807, 2.05) is 24.3 Å². The summed E-state index contributed by atoms with van der Waals surface area (Å²) in [6.45, 7) is 0. The zero-order valence-corrected chi connectivity index (χ0v) is 9.24. The monoisotopic (exact) mass is 264 g/mol. The molecule has 2 aromatic carbocycles. The molecule has 4 heteroatoms. The Morgan fingerprint density at radius 3 is 2.47 bits per heavy atom. The van der Waals surface area contributed by atoms with Crippen molar-refractivity contribution < 1.29 is 4.79 Å². The molecule has 0 aliphatic rings. The van der Waals surface area contributed by atoms with E-state index in [9.17, 15) is 10.0 Å². The summed E-state index contributed by atoms with van der Waals surface area (Å²) in [5.74, 6) is -0.612. The van der Waals surface area contributed by atoms with Gasteiger partial charge in [-0.1, -0.05) is 40.2 Å². The first-order valence-corrected chi connectivity index (χ1v) is 5.13. The van der Waals surface area contributed by atoms with Gasteiger partial charge in [-0.2, -0.15) is 0 Å². The van der Waals surface area contributed by atoms with Crippen molar-refractivity contribution in [3.8, 4) is 0 Å². The highest BCUT2D eigenvalue weighted by Gasteiger charge is 2.08. The SMILES string of the molecule is O=C(N[O-])c1ccc(Br)c2ccccc12. The fraction of sp³-hybridized carbons (Fsp3) is 0. The van der Waals surface area contributed by atoms with Crippen LogP contribution in [0.15, 0.2) is 40.9 Å². The lowest BCUT2D eigenvalue weighted by atomic mass is 10.0. The number of rotatable bonds is 1. The smallest absolute Gasteiger partial charge is 0.241 e. The van der Waals surface area contributed by atoms with Crippen molar-refractivity contribution >= 4 is 32.6 Å². The second kappa shape index (κ2) is 4.00. The van der Waals surface area contributed by atoms with Crippen LogP contribution in [-0.4, -0.2) is 5.91 Å². The standard InChI is InChI=1S/C11H7BrNO2/c12-10-6-5-9(11(14)13-15)7-3-1-2-4-8(7)10/h1-6H,(H-,13,14,15)/q-1. The van der Waals surface area contributed by atoms with Crippen LogP contribution < -0.4 is 5.48 Å². The van der Waals surface area contributed by atoms with E-state index in [0.29, 0.717) is 5.56 Å². The van der Waals surface area contributed by atoms with Crippen LogP contribution in [0.4, 0.5) is 0 Å². The molecule has 76 valence electrons. The average molecular weight is 265 g/mol. The molecule has 0 heterocycles. The van der Waals surface area contributed by atoms with Gasteiger partial charge < -0.3 is 10.7 Å². The molecule has 15 heavy (non-hydrogen) atoms. The first kappa shape index (κ1) is 10.1. The Labute approximate surface area is 94.8 Å². The minimum atomic E-state index is -0.612. The second-order valence-electron chi connectivity index (χ2n) is 3.07. The van der Waals surface area contributed by atoms with Crippen molar-refractivity contribution in [1.29, 1.82) is 0 Å². The Hall–Kier alpha value is -1.39. The molecule has 3 nitrogen and oxygen atoms in total. The molecule has 0 atom stereocenters. The number of hydrogen-bond acceptors (Lipinski definition) is 2. The molecule has 0 aliphatic carbocycles. The summed E-state index contributed by atoms with van der Waals surface area (Å²) in [5.41, 5.74) is 1.78. The maximum Gasteiger partial charge on any atom is 0.241 e. The number of carbonyl (C=O) groups is 1. The molecule has 2 rings (SSSR count). The molecule has 0 spiro atoms. The van der Waals surface area contributed by atoms with Gasteiger partial charge in [0.15, 0.2) is 0 Å². The van der Waals surface area contributed by atoms with E-state index in [1.165, 1.54) is 5.48 Å². The van der Waals surface area contributed by atoms with E-state index in [4.69, 9.17) is 0 Å². The zero-order chi connectivity index (χ0) is 10.8. The number of nitrogens with one attached hydrogen (secondary N) is 1. The van der Waals surface area contributed by atoms with Gasteiger partial charge in [-0.15, -0.1) is 0 Å². The zero-order valence-electron chi connectivity index (χ0n) is 7.66. The number of amides is 1. The first-order chi connectivity index (χ1) is 7.24. The topological polar surface area (TPSA) is 52.2 Å². The summed E-state index contributed by atoms with van der Waals surface area (Å²) < 4.78 is 0.903. The molecule has 0 bridgehead atoms. The molecule has 0 fully saturated rings. The van der Waals surface area contributed by atoms with Gasteiger partial charge in [0.1, 0.15) is 0 Å². The van der Waals surface area contributed by atoms with Crippen LogP contribution in [0.25, 0.3) is 10.8 Å². The van der Waals surface area contributed by atoms with Crippen molar-refractivity contribution in [2.24, 2.45) is 0 Å². The van der Waals surface area contributed by atoms with E-state index >= 15 is 0 Å². The highest BCUT2D eigenvalue weighted by molar-refractivity contribution is 9.10. The summed E-state index contributed by atoms with van der Waals surface area (Å²) in [6.07, 6.45) is 0. The number of benzene rings is 2. The van der Waals surface area contributed by atoms with Crippen LogP contribution >= 0.6 is 15.9 Å². The third kappa shape index (κ3) is 1.73. The predicted molar refractivity (Wildman–Crippen MR) is 62.5 cm³/mol. The lowest BCUT2D eigenvalue weighted by Crippen LogP contribution is -2.16. The van der Waals surface area contributed by atoms with Gasteiger partial charge in [-0.25, -0.2) is 0 Å². The minimum absolute atomic E-state index is 0.392. The van der Waals surface area contributed by atoms with Crippen LogP contribution in [0.2, 0.25) is 0 Å². The summed E-state index contributed by atoms with van der Waals surface area (Å²) in [5, 5.41) is 12.0.